The summed E-state index contributed by atoms with van der Waals surface area (Å²) in [4.78, 5) is 4.82. The molecule has 0 bridgehead atoms. The van der Waals surface area contributed by atoms with Gasteiger partial charge in [0.1, 0.15) is 0 Å². The van der Waals surface area contributed by atoms with Gasteiger partial charge in [-0.1, -0.05) is 13.0 Å². The summed E-state index contributed by atoms with van der Waals surface area (Å²) in [6, 6.07) is 10.7. The second kappa shape index (κ2) is 8.22. The van der Waals surface area contributed by atoms with Gasteiger partial charge in [0, 0.05) is 43.0 Å². The molecule has 0 aliphatic carbocycles. The first-order valence-corrected chi connectivity index (χ1v) is 10.5. The number of hydrogen-bond donors (Lipinski definition) is 2. The third-order valence-corrected chi connectivity index (χ3v) is 6.11. The van der Waals surface area contributed by atoms with Crippen molar-refractivity contribution in [2.75, 3.05) is 37.6 Å². The van der Waals surface area contributed by atoms with E-state index < -0.39 is 0 Å². The maximum Gasteiger partial charge on any atom is 0.158 e. The highest BCUT2D eigenvalue weighted by atomic mass is 15.3. The summed E-state index contributed by atoms with van der Waals surface area (Å²) in [5.74, 6) is 0.602. The first-order valence-electron chi connectivity index (χ1n) is 10.5. The number of dihydropyridines is 1. The van der Waals surface area contributed by atoms with E-state index in [0.29, 0.717) is 11.1 Å². The Morgan fingerprint density at radius 2 is 1.73 bits per heavy atom. The molecular weight excluding hydrogens is 374 g/mol. The van der Waals surface area contributed by atoms with Crippen molar-refractivity contribution in [3.8, 4) is 12.1 Å². The fourth-order valence-corrected chi connectivity index (χ4v) is 4.56. The van der Waals surface area contributed by atoms with Gasteiger partial charge in [-0.05, 0) is 44.5 Å². The standard InChI is InChI=1S/C23H27N7/c1-4-7-29-8-10-30(11-9-29)23-18-12-17(5-6-21(18)27-28-23)22-19(13-24)15(2)26-16(3)20(22)14-25/h5-6,12,22,26H,4,7-11H2,1-3H3,(H,27,28). The average molecular weight is 402 g/mol. The molecule has 7 heteroatoms. The lowest BCUT2D eigenvalue weighted by Gasteiger charge is -2.34. The molecule has 1 saturated heterocycles. The topological polar surface area (TPSA) is 94.8 Å². The fraction of sp³-hybridized carbons (Fsp3) is 0.435. The van der Waals surface area contributed by atoms with Crippen LogP contribution >= 0.6 is 0 Å². The van der Waals surface area contributed by atoms with E-state index in [9.17, 15) is 10.5 Å². The van der Waals surface area contributed by atoms with Crippen molar-refractivity contribution in [1.29, 1.82) is 10.5 Å². The third-order valence-electron chi connectivity index (χ3n) is 6.11. The van der Waals surface area contributed by atoms with Gasteiger partial charge >= 0.3 is 0 Å². The summed E-state index contributed by atoms with van der Waals surface area (Å²) < 4.78 is 0. The fourth-order valence-electron chi connectivity index (χ4n) is 4.56. The number of allylic oxidation sites excluding steroid dienone is 4. The van der Waals surface area contributed by atoms with E-state index in [0.717, 1.165) is 66.4 Å². The minimum atomic E-state index is -0.352. The van der Waals surface area contributed by atoms with E-state index in [1.807, 2.05) is 26.0 Å². The lowest BCUT2D eigenvalue weighted by Crippen LogP contribution is -2.46. The van der Waals surface area contributed by atoms with Gasteiger partial charge in [0.2, 0.25) is 0 Å². The van der Waals surface area contributed by atoms with Crippen LogP contribution in [-0.2, 0) is 0 Å². The normalized spacial score (nSPS) is 18.5. The molecule has 2 aliphatic rings. The summed E-state index contributed by atoms with van der Waals surface area (Å²) in [5.41, 5.74) is 4.71. The number of nitrogens with one attached hydrogen (secondary N) is 2. The number of nitrogens with zero attached hydrogens (tertiary/aromatic N) is 5. The van der Waals surface area contributed by atoms with Crippen LogP contribution in [0.4, 0.5) is 5.82 Å². The van der Waals surface area contributed by atoms with Crippen LogP contribution in [0.2, 0.25) is 0 Å². The zero-order chi connectivity index (χ0) is 21.3. The summed E-state index contributed by atoms with van der Waals surface area (Å²) in [6.45, 7) is 11.1. The number of piperazine rings is 1. The molecule has 0 amide bonds. The molecule has 2 N–H and O–H groups in total. The van der Waals surface area contributed by atoms with E-state index in [1.165, 1.54) is 6.42 Å². The third kappa shape index (κ3) is 3.42. The Hall–Kier alpha value is -3.29. The largest absolute Gasteiger partial charge is 0.361 e. The van der Waals surface area contributed by atoms with E-state index in [1.54, 1.807) is 0 Å². The predicted octanol–water partition coefficient (Wildman–Crippen LogP) is 3.38. The monoisotopic (exact) mass is 401 g/mol. The van der Waals surface area contributed by atoms with E-state index in [4.69, 9.17) is 0 Å². The minimum absolute atomic E-state index is 0.352. The van der Waals surface area contributed by atoms with Gasteiger partial charge in [-0.25, -0.2) is 0 Å². The van der Waals surface area contributed by atoms with Gasteiger partial charge in [-0.3, -0.25) is 10.00 Å². The summed E-state index contributed by atoms with van der Waals surface area (Å²) in [7, 11) is 0. The number of aromatic nitrogens is 2. The number of rotatable bonds is 4. The Bertz CT molecular complexity index is 1060. The van der Waals surface area contributed by atoms with E-state index in [2.05, 4.69) is 50.4 Å². The molecule has 0 spiro atoms. The van der Waals surface area contributed by atoms with Crippen molar-refractivity contribution < 1.29 is 0 Å². The highest BCUT2D eigenvalue weighted by Gasteiger charge is 2.30. The summed E-state index contributed by atoms with van der Waals surface area (Å²) in [5, 5.41) is 31.5. The predicted molar refractivity (Wildman–Crippen MR) is 118 cm³/mol. The van der Waals surface area contributed by atoms with Crippen LogP contribution in [0.25, 0.3) is 10.9 Å². The second-order valence-electron chi connectivity index (χ2n) is 8.04. The first kappa shape index (κ1) is 20.0. The van der Waals surface area contributed by atoms with Crippen LogP contribution in [0.15, 0.2) is 40.7 Å². The van der Waals surface area contributed by atoms with Crippen molar-refractivity contribution in [2.45, 2.75) is 33.1 Å². The quantitative estimate of drug-likeness (QED) is 0.816. The molecule has 0 atom stereocenters. The lowest BCUT2D eigenvalue weighted by atomic mass is 9.81. The van der Waals surface area contributed by atoms with Gasteiger partial charge in [0.15, 0.2) is 5.82 Å². The second-order valence-corrected chi connectivity index (χ2v) is 8.04. The van der Waals surface area contributed by atoms with Crippen LogP contribution in [0.1, 0.15) is 38.7 Å². The molecule has 154 valence electrons. The number of H-pyrrole nitrogens is 1. The van der Waals surface area contributed by atoms with Crippen molar-refractivity contribution in [2.24, 2.45) is 0 Å². The van der Waals surface area contributed by atoms with Crippen LogP contribution in [0, 0.1) is 22.7 Å². The van der Waals surface area contributed by atoms with Crippen LogP contribution in [-0.4, -0.2) is 47.8 Å². The molecule has 0 saturated carbocycles. The molecule has 7 nitrogen and oxygen atoms in total. The molecule has 0 radical (unpaired) electrons. The van der Waals surface area contributed by atoms with Crippen molar-refractivity contribution in [1.82, 2.24) is 20.4 Å². The Morgan fingerprint density at radius 1 is 1.07 bits per heavy atom. The molecule has 2 aromatic rings. The Balaban J connectivity index is 1.72. The Kier molecular flexibility index (Phi) is 5.48. The molecule has 1 aromatic carbocycles. The molecule has 4 rings (SSSR count). The number of anilines is 1. The van der Waals surface area contributed by atoms with Crippen LogP contribution in [0.5, 0.6) is 0 Å². The minimum Gasteiger partial charge on any atom is -0.361 e. The Labute approximate surface area is 177 Å². The van der Waals surface area contributed by atoms with Crippen LogP contribution < -0.4 is 10.2 Å². The van der Waals surface area contributed by atoms with Gasteiger partial charge in [-0.2, -0.15) is 15.6 Å². The maximum absolute atomic E-state index is 9.78. The number of aromatic amines is 1. The smallest absolute Gasteiger partial charge is 0.158 e. The molecule has 3 heterocycles. The van der Waals surface area contributed by atoms with E-state index in [-0.39, 0.29) is 5.92 Å². The molecule has 30 heavy (non-hydrogen) atoms. The number of hydrogen-bond acceptors (Lipinski definition) is 6. The van der Waals surface area contributed by atoms with Gasteiger partial charge in [-0.15, -0.1) is 0 Å². The molecule has 1 fully saturated rings. The lowest BCUT2D eigenvalue weighted by molar-refractivity contribution is 0.258. The first-order chi connectivity index (χ1) is 14.6. The average Bonchev–Trinajstić information content (AvgIpc) is 3.17. The van der Waals surface area contributed by atoms with Crippen molar-refractivity contribution >= 4 is 16.7 Å². The highest BCUT2D eigenvalue weighted by Crippen LogP contribution is 2.39. The zero-order valence-corrected chi connectivity index (χ0v) is 17.8. The van der Waals surface area contributed by atoms with Gasteiger partial charge < -0.3 is 10.2 Å². The van der Waals surface area contributed by atoms with Crippen molar-refractivity contribution in [3.63, 3.8) is 0 Å². The van der Waals surface area contributed by atoms with Gasteiger partial charge in [0.05, 0.1) is 34.7 Å². The maximum atomic E-state index is 9.78. The highest BCUT2D eigenvalue weighted by molar-refractivity contribution is 5.91. The van der Waals surface area contributed by atoms with Gasteiger partial charge in [0.25, 0.3) is 0 Å². The summed E-state index contributed by atoms with van der Waals surface area (Å²) in [6.07, 6.45) is 1.17. The molecule has 2 aliphatic heterocycles. The van der Waals surface area contributed by atoms with Crippen molar-refractivity contribution in [3.05, 3.63) is 46.3 Å². The SMILES string of the molecule is CCCN1CCN(c2n[nH]c3ccc(C4C(C#N)=C(C)NC(C)=C4C#N)cc23)CC1. The zero-order valence-electron chi connectivity index (χ0n) is 17.8. The molecule has 0 unspecified atom stereocenters. The number of nitriles is 2. The van der Waals surface area contributed by atoms with Crippen LogP contribution in [0.3, 0.4) is 0 Å². The Morgan fingerprint density at radius 3 is 2.33 bits per heavy atom. The molecule has 1 aromatic heterocycles. The molecular formula is C23H27N7. The number of fused-ring (bicyclic) bond motifs is 1. The summed E-state index contributed by atoms with van der Waals surface area (Å²) >= 11 is 0. The van der Waals surface area contributed by atoms with E-state index >= 15 is 0 Å². The number of benzene rings is 1.